The van der Waals surface area contributed by atoms with Crippen molar-refractivity contribution in [2.24, 2.45) is 5.92 Å². The maximum Gasteiger partial charge on any atom is 0.0332 e. The zero-order valence-electron chi connectivity index (χ0n) is 14.0. The SMILES string of the molecule is CCCNC(CCN1CCCC(C)C1C)c1ccccc1. The van der Waals surface area contributed by atoms with Gasteiger partial charge in [0.1, 0.15) is 0 Å². The average Bonchev–Trinajstić information content (AvgIpc) is 2.52. The number of hydrogen-bond acceptors (Lipinski definition) is 2. The van der Waals surface area contributed by atoms with E-state index < -0.39 is 0 Å². The van der Waals surface area contributed by atoms with Gasteiger partial charge in [0, 0.05) is 18.6 Å². The van der Waals surface area contributed by atoms with Crippen molar-refractivity contribution in [1.82, 2.24) is 10.2 Å². The van der Waals surface area contributed by atoms with Gasteiger partial charge in [0.25, 0.3) is 0 Å². The second-order valence-electron chi connectivity index (χ2n) is 6.60. The number of nitrogens with zero attached hydrogens (tertiary/aromatic N) is 1. The highest BCUT2D eigenvalue weighted by Gasteiger charge is 2.25. The van der Waals surface area contributed by atoms with Crippen molar-refractivity contribution < 1.29 is 0 Å². The Kier molecular flexibility index (Phi) is 6.72. The Bertz CT molecular complexity index is 390. The van der Waals surface area contributed by atoms with E-state index in [0.29, 0.717) is 6.04 Å². The summed E-state index contributed by atoms with van der Waals surface area (Å²) in [5, 5.41) is 3.72. The number of hydrogen-bond donors (Lipinski definition) is 1. The summed E-state index contributed by atoms with van der Waals surface area (Å²) >= 11 is 0. The highest BCUT2D eigenvalue weighted by molar-refractivity contribution is 5.18. The summed E-state index contributed by atoms with van der Waals surface area (Å²) in [5.74, 6) is 0.845. The van der Waals surface area contributed by atoms with Gasteiger partial charge in [-0.15, -0.1) is 0 Å². The van der Waals surface area contributed by atoms with E-state index in [2.05, 4.69) is 61.3 Å². The Morgan fingerprint density at radius 1 is 1.24 bits per heavy atom. The molecule has 1 aromatic rings. The third-order valence-electron chi connectivity index (χ3n) is 5.05. The molecule has 0 amide bonds. The summed E-state index contributed by atoms with van der Waals surface area (Å²) in [7, 11) is 0. The van der Waals surface area contributed by atoms with E-state index in [4.69, 9.17) is 0 Å². The molecule has 21 heavy (non-hydrogen) atoms. The molecule has 0 spiro atoms. The molecule has 1 N–H and O–H groups in total. The average molecular weight is 288 g/mol. The minimum absolute atomic E-state index is 0.496. The van der Waals surface area contributed by atoms with Gasteiger partial charge in [0.2, 0.25) is 0 Å². The van der Waals surface area contributed by atoms with E-state index in [1.54, 1.807) is 0 Å². The van der Waals surface area contributed by atoms with Gasteiger partial charge in [-0.3, -0.25) is 0 Å². The second-order valence-corrected chi connectivity index (χ2v) is 6.60. The Labute approximate surface area is 130 Å². The van der Waals surface area contributed by atoms with Crippen molar-refractivity contribution >= 4 is 0 Å². The molecule has 1 saturated heterocycles. The summed E-state index contributed by atoms with van der Waals surface area (Å²) in [6, 6.07) is 12.2. The van der Waals surface area contributed by atoms with Gasteiger partial charge >= 0.3 is 0 Å². The quantitative estimate of drug-likeness (QED) is 0.807. The van der Waals surface area contributed by atoms with Crippen LogP contribution in [0.3, 0.4) is 0 Å². The summed E-state index contributed by atoms with van der Waals surface area (Å²) < 4.78 is 0. The molecule has 0 saturated carbocycles. The van der Waals surface area contributed by atoms with Crippen molar-refractivity contribution in [2.45, 2.75) is 58.5 Å². The minimum Gasteiger partial charge on any atom is -0.310 e. The van der Waals surface area contributed by atoms with Crippen LogP contribution in [0.4, 0.5) is 0 Å². The Hall–Kier alpha value is -0.860. The molecule has 1 fully saturated rings. The first kappa shape index (κ1) is 16.5. The summed E-state index contributed by atoms with van der Waals surface area (Å²) in [6.45, 7) is 10.6. The van der Waals surface area contributed by atoms with Crippen LogP contribution in [0.2, 0.25) is 0 Å². The molecule has 2 nitrogen and oxygen atoms in total. The Balaban J connectivity index is 1.92. The molecule has 2 heteroatoms. The Morgan fingerprint density at radius 3 is 2.71 bits per heavy atom. The van der Waals surface area contributed by atoms with E-state index in [9.17, 15) is 0 Å². The van der Waals surface area contributed by atoms with Gasteiger partial charge in [-0.25, -0.2) is 0 Å². The molecule has 1 aliphatic rings. The van der Waals surface area contributed by atoms with Crippen LogP contribution in [0.15, 0.2) is 30.3 Å². The molecule has 1 heterocycles. The van der Waals surface area contributed by atoms with Crippen LogP contribution in [0, 0.1) is 5.92 Å². The van der Waals surface area contributed by atoms with E-state index in [1.807, 2.05) is 0 Å². The topological polar surface area (TPSA) is 15.3 Å². The molecule has 3 atom stereocenters. The molecular weight excluding hydrogens is 256 g/mol. The van der Waals surface area contributed by atoms with Crippen LogP contribution in [0.25, 0.3) is 0 Å². The largest absolute Gasteiger partial charge is 0.310 e. The van der Waals surface area contributed by atoms with Gasteiger partial charge in [0.15, 0.2) is 0 Å². The number of piperidine rings is 1. The number of rotatable bonds is 7. The van der Waals surface area contributed by atoms with Crippen LogP contribution < -0.4 is 5.32 Å². The predicted octanol–water partition coefficient (Wildman–Crippen LogP) is 4.24. The highest BCUT2D eigenvalue weighted by atomic mass is 15.2. The third-order valence-corrected chi connectivity index (χ3v) is 5.05. The zero-order chi connectivity index (χ0) is 15.1. The lowest BCUT2D eigenvalue weighted by molar-refractivity contribution is 0.109. The van der Waals surface area contributed by atoms with Gasteiger partial charge in [0.05, 0.1) is 0 Å². The highest BCUT2D eigenvalue weighted by Crippen LogP contribution is 2.25. The molecule has 0 bridgehead atoms. The van der Waals surface area contributed by atoms with Gasteiger partial charge in [-0.1, -0.05) is 44.2 Å². The van der Waals surface area contributed by atoms with E-state index in [-0.39, 0.29) is 0 Å². The first-order valence-electron chi connectivity index (χ1n) is 8.74. The monoisotopic (exact) mass is 288 g/mol. The normalized spacial score (nSPS) is 24.9. The van der Waals surface area contributed by atoms with Crippen molar-refractivity contribution in [1.29, 1.82) is 0 Å². The molecule has 0 radical (unpaired) electrons. The van der Waals surface area contributed by atoms with Gasteiger partial charge in [-0.2, -0.15) is 0 Å². The molecule has 0 aromatic heterocycles. The first-order valence-corrected chi connectivity index (χ1v) is 8.74. The predicted molar refractivity (Wildman–Crippen MR) is 91.5 cm³/mol. The van der Waals surface area contributed by atoms with Crippen LogP contribution >= 0.6 is 0 Å². The second kappa shape index (κ2) is 8.55. The number of likely N-dealkylation sites (tertiary alicyclic amines) is 1. The van der Waals surface area contributed by atoms with E-state index in [1.165, 1.54) is 44.3 Å². The van der Waals surface area contributed by atoms with Crippen LogP contribution in [-0.2, 0) is 0 Å². The summed E-state index contributed by atoms with van der Waals surface area (Å²) in [4.78, 5) is 2.69. The fraction of sp³-hybridized carbons (Fsp3) is 0.684. The lowest BCUT2D eigenvalue weighted by atomic mass is 9.91. The maximum atomic E-state index is 3.72. The number of nitrogens with one attached hydrogen (secondary N) is 1. The van der Waals surface area contributed by atoms with Crippen LogP contribution in [0.5, 0.6) is 0 Å². The van der Waals surface area contributed by atoms with Crippen molar-refractivity contribution in [2.75, 3.05) is 19.6 Å². The summed E-state index contributed by atoms with van der Waals surface area (Å²) in [5.41, 5.74) is 1.43. The fourth-order valence-electron chi connectivity index (χ4n) is 3.42. The number of benzene rings is 1. The molecule has 118 valence electrons. The van der Waals surface area contributed by atoms with E-state index >= 15 is 0 Å². The van der Waals surface area contributed by atoms with Crippen LogP contribution in [0.1, 0.15) is 58.1 Å². The fourth-order valence-corrected chi connectivity index (χ4v) is 3.42. The maximum absolute atomic E-state index is 3.72. The lowest BCUT2D eigenvalue weighted by Gasteiger charge is -2.38. The molecular formula is C19H32N2. The molecule has 3 unspecified atom stereocenters. The zero-order valence-corrected chi connectivity index (χ0v) is 14.0. The van der Waals surface area contributed by atoms with Crippen molar-refractivity contribution in [3.63, 3.8) is 0 Å². The van der Waals surface area contributed by atoms with Crippen molar-refractivity contribution in [3.05, 3.63) is 35.9 Å². The third kappa shape index (κ3) is 4.82. The summed E-state index contributed by atoms with van der Waals surface area (Å²) in [6.07, 6.45) is 5.17. The standard InChI is InChI=1S/C19H32N2/c1-4-13-20-19(18-10-6-5-7-11-18)12-15-21-14-8-9-16(2)17(21)3/h5-7,10-11,16-17,19-20H,4,8-9,12-15H2,1-3H3. The lowest BCUT2D eigenvalue weighted by Crippen LogP contribution is -2.43. The van der Waals surface area contributed by atoms with Crippen LogP contribution in [-0.4, -0.2) is 30.6 Å². The van der Waals surface area contributed by atoms with Crippen molar-refractivity contribution in [3.8, 4) is 0 Å². The minimum atomic E-state index is 0.496. The molecule has 2 rings (SSSR count). The smallest absolute Gasteiger partial charge is 0.0332 e. The first-order chi connectivity index (χ1) is 10.2. The van der Waals surface area contributed by atoms with Gasteiger partial charge < -0.3 is 10.2 Å². The van der Waals surface area contributed by atoms with E-state index in [0.717, 1.165) is 18.5 Å². The molecule has 1 aromatic carbocycles. The molecule has 1 aliphatic heterocycles. The van der Waals surface area contributed by atoms with Gasteiger partial charge in [-0.05, 0) is 57.2 Å². The molecule has 0 aliphatic carbocycles. The Morgan fingerprint density at radius 2 is 2.00 bits per heavy atom.